The zero-order valence-electron chi connectivity index (χ0n) is 10.8. The average Bonchev–Trinajstić information content (AvgIpc) is 2.41. The van der Waals surface area contributed by atoms with Gasteiger partial charge in [-0.2, -0.15) is 0 Å². The van der Waals surface area contributed by atoms with Gasteiger partial charge >= 0.3 is 0 Å². The van der Waals surface area contributed by atoms with Crippen molar-refractivity contribution >= 4 is 6.41 Å². The first-order chi connectivity index (χ1) is 8.83. The third-order valence-corrected chi connectivity index (χ3v) is 3.36. The number of rotatable bonds is 5. The number of ether oxygens (including phenoxy) is 1. The van der Waals surface area contributed by atoms with Crippen molar-refractivity contribution in [2.24, 2.45) is 0 Å². The first-order valence-corrected chi connectivity index (χ1v) is 6.29. The molecule has 4 heteroatoms. The van der Waals surface area contributed by atoms with Gasteiger partial charge in [0, 0.05) is 33.3 Å². The Morgan fingerprint density at radius 3 is 2.78 bits per heavy atom. The zero-order chi connectivity index (χ0) is 12.8. The summed E-state index contributed by atoms with van der Waals surface area (Å²) in [6.45, 7) is 4.12. The lowest BCUT2D eigenvalue weighted by Gasteiger charge is -2.39. The Labute approximate surface area is 108 Å². The summed E-state index contributed by atoms with van der Waals surface area (Å²) in [7, 11) is 1.68. The zero-order valence-corrected chi connectivity index (χ0v) is 10.8. The number of nitrogens with zero attached hydrogens (tertiary/aromatic N) is 2. The number of benzene rings is 1. The lowest BCUT2D eigenvalue weighted by molar-refractivity contribution is -0.124. The van der Waals surface area contributed by atoms with E-state index < -0.39 is 0 Å². The molecule has 1 saturated heterocycles. The quantitative estimate of drug-likeness (QED) is 0.728. The standard InChI is InChI=1S/C14H20N2O2/c1-18-11-14-10-15(7-8-16(14)12-17)9-13-5-3-2-4-6-13/h2-6,12,14H,7-11H2,1H3. The highest BCUT2D eigenvalue weighted by Crippen LogP contribution is 2.12. The highest BCUT2D eigenvalue weighted by atomic mass is 16.5. The summed E-state index contributed by atoms with van der Waals surface area (Å²) >= 11 is 0. The van der Waals surface area contributed by atoms with Gasteiger partial charge in [0.15, 0.2) is 0 Å². The second-order valence-electron chi connectivity index (χ2n) is 4.67. The minimum absolute atomic E-state index is 0.171. The Morgan fingerprint density at radius 2 is 2.11 bits per heavy atom. The van der Waals surface area contributed by atoms with Crippen LogP contribution in [0.15, 0.2) is 30.3 Å². The monoisotopic (exact) mass is 248 g/mol. The number of methoxy groups -OCH3 is 1. The van der Waals surface area contributed by atoms with Gasteiger partial charge in [-0.05, 0) is 5.56 Å². The normalized spacial score (nSPS) is 20.9. The molecule has 4 nitrogen and oxygen atoms in total. The fourth-order valence-corrected chi connectivity index (χ4v) is 2.40. The summed E-state index contributed by atoms with van der Waals surface area (Å²) in [5.74, 6) is 0. The van der Waals surface area contributed by atoms with Gasteiger partial charge in [-0.25, -0.2) is 0 Å². The maximum Gasteiger partial charge on any atom is 0.210 e. The number of carbonyl (C=O) groups is 1. The van der Waals surface area contributed by atoms with Crippen LogP contribution < -0.4 is 0 Å². The lowest BCUT2D eigenvalue weighted by atomic mass is 10.1. The minimum Gasteiger partial charge on any atom is -0.382 e. The van der Waals surface area contributed by atoms with Gasteiger partial charge in [0.2, 0.25) is 6.41 Å². The number of amides is 1. The van der Waals surface area contributed by atoms with Crippen molar-refractivity contribution in [1.29, 1.82) is 0 Å². The van der Waals surface area contributed by atoms with E-state index in [-0.39, 0.29) is 6.04 Å². The van der Waals surface area contributed by atoms with Crippen LogP contribution in [0.1, 0.15) is 5.56 Å². The summed E-state index contributed by atoms with van der Waals surface area (Å²) in [6, 6.07) is 10.6. The molecule has 0 radical (unpaired) electrons. The fourth-order valence-electron chi connectivity index (χ4n) is 2.40. The number of hydrogen-bond acceptors (Lipinski definition) is 3. The third kappa shape index (κ3) is 3.31. The molecule has 1 amide bonds. The van der Waals surface area contributed by atoms with Crippen LogP contribution in [0.5, 0.6) is 0 Å². The van der Waals surface area contributed by atoms with Crippen LogP contribution in [-0.2, 0) is 16.1 Å². The van der Waals surface area contributed by atoms with E-state index in [4.69, 9.17) is 4.74 Å². The molecule has 18 heavy (non-hydrogen) atoms. The summed E-state index contributed by atoms with van der Waals surface area (Å²) in [6.07, 6.45) is 0.934. The molecule has 1 aliphatic rings. The van der Waals surface area contributed by atoms with E-state index in [2.05, 4.69) is 29.2 Å². The molecule has 1 unspecified atom stereocenters. The second-order valence-corrected chi connectivity index (χ2v) is 4.67. The SMILES string of the molecule is COCC1CN(Cc2ccccc2)CCN1C=O. The molecule has 1 aliphatic heterocycles. The summed E-state index contributed by atoms with van der Waals surface area (Å²) in [5.41, 5.74) is 1.31. The van der Waals surface area contributed by atoms with E-state index in [1.54, 1.807) is 7.11 Å². The van der Waals surface area contributed by atoms with Crippen LogP contribution in [0.3, 0.4) is 0 Å². The molecular formula is C14H20N2O2. The number of carbonyl (C=O) groups excluding carboxylic acids is 1. The Balaban J connectivity index is 1.93. The van der Waals surface area contributed by atoms with Crippen molar-refractivity contribution in [1.82, 2.24) is 9.80 Å². The Morgan fingerprint density at radius 1 is 1.33 bits per heavy atom. The molecule has 0 aromatic heterocycles. The van der Waals surface area contributed by atoms with Crippen LogP contribution in [0.4, 0.5) is 0 Å². The van der Waals surface area contributed by atoms with Crippen molar-refractivity contribution < 1.29 is 9.53 Å². The molecule has 1 fully saturated rings. The van der Waals surface area contributed by atoms with Gasteiger partial charge in [0.05, 0.1) is 12.6 Å². The first kappa shape index (κ1) is 13.1. The molecule has 0 N–H and O–H groups in total. The van der Waals surface area contributed by atoms with Crippen molar-refractivity contribution in [3.8, 4) is 0 Å². The molecule has 1 aromatic carbocycles. The van der Waals surface area contributed by atoms with Gasteiger partial charge < -0.3 is 9.64 Å². The Kier molecular flexibility index (Phi) is 4.73. The van der Waals surface area contributed by atoms with Crippen LogP contribution in [0.2, 0.25) is 0 Å². The van der Waals surface area contributed by atoms with Gasteiger partial charge in [0.25, 0.3) is 0 Å². The van der Waals surface area contributed by atoms with Crippen molar-refractivity contribution in [3.05, 3.63) is 35.9 Å². The van der Waals surface area contributed by atoms with Crippen LogP contribution in [0.25, 0.3) is 0 Å². The van der Waals surface area contributed by atoms with E-state index in [9.17, 15) is 4.79 Å². The van der Waals surface area contributed by atoms with E-state index >= 15 is 0 Å². The molecule has 1 atom stereocenters. The predicted octanol–water partition coefficient (Wildman–Crippen LogP) is 0.976. The summed E-state index contributed by atoms with van der Waals surface area (Å²) in [4.78, 5) is 15.2. The molecule has 0 aliphatic carbocycles. The molecule has 98 valence electrons. The largest absolute Gasteiger partial charge is 0.382 e. The molecule has 1 heterocycles. The number of hydrogen-bond donors (Lipinski definition) is 0. The molecule has 0 saturated carbocycles. The smallest absolute Gasteiger partial charge is 0.210 e. The maximum absolute atomic E-state index is 11.0. The second kappa shape index (κ2) is 6.52. The molecular weight excluding hydrogens is 228 g/mol. The highest BCUT2D eigenvalue weighted by Gasteiger charge is 2.25. The first-order valence-electron chi connectivity index (χ1n) is 6.29. The topological polar surface area (TPSA) is 32.8 Å². The Hall–Kier alpha value is -1.39. The highest BCUT2D eigenvalue weighted by molar-refractivity contribution is 5.48. The van der Waals surface area contributed by atoms with Crippen LogP contribution in [0, 0.1) is 0 Å². The van der Waals surface area contributed by atoms with Crippen molar-refractivity contribution in [2.45, 2.75) is 12.6 Å². The maximum atomic E-state index is 11.0. The Bertz CT molecular complexity index is 369. The molecule has 2 rings (SSSR count). The van der Waals surface area contributed by atoms with Gasteiger partial charge in [0.1, 0.15) is 0 Å². The van der Waals surface area contributed by atoms with Crippen molar-refractivity contribution in [2.75, 3.05) is 33.4 Å². The molecule has 1 aromatic rings. The minimum atomic E-state index is 0.171. The van der Waals surface area contributed by atoms with E-state index in [0.29, 0.717) is 6.61 Å². The lowest BCUT2D eigenvalue weighted by Crippen LogP contribution is -2.53. The number of piperazine rings is 1. The fraction of sp³-hybridized carbons (Fsp3) is 0.500. The third-order valence-electron chi connectivity index (χ3n) is 3.36. The van der Waals surface area contributed by atoms with Crippen LogP contribution in [-0.4, -0.2) is 55.6 Å². The summed E-state index contributed by atoms with van der Waals surface area (Å²) in [5, 5.41) is 0. The molecule has 0 bridgehead atoms. The molecule has 0 spiro atoms. The van der Waals surface area contributed by atoms with Crippen LogP contribution >= 0.6 is 0 Å². The van der Waals surface area contributed by atoms with E-state index in [1.165, 1.54) is 5.56 Å². The average molecular weight is 248 g/mol. The van der Waals surface area contributed by atoms with E-state index in [0.717, 1.165) is 32.6 Å². The van der Waals surface area contributed by atoms with Crippen molar-refractivity contribution in [3.63, 3.8) is 0 Å². The predicted molar refractivity (Wildman–Crippen MR) is 70.2 cm³/mol. The van der Waals surface area contributed by atoms with Gasteiger partial charge in [-0.3, -0.25) is 9.69 Å². The summed E-state index contributed by atoms with van der Waals surface area (Å²) < 4.78 is 5.18. The van der Waals surface area contributed by atoms with Gasteiger partial charge in [-0.15, -0.1) is 0 Å². The van der Waals surface area contributed by atoms with E-state index in [1.807, 2.05) is 11.0 Å². The van der Waals surface area contributed by atoms with Gasteiger partial charge in [-0.1, -0.05) is 30.3 Å².